The van der Waals surface area contributed by atoms with Crippen molar-refractivity contribution in [3.63, 3.8) is 0 Å². The fraction of sp³-hybridized carbons (Fsp3) is 0.300. The summed E-state index contributed by atoms with van der Waals surface area (Å²) >= 11 is 2.21. The first-order chi connectivity index (χ1) is 12.6. The molecule has 0 aliphatic rings. The SMILES string of the molecule is CCOc1cc(/C=N\NC(=O)CCc2ccccc2)cc(I)c1OCC. The van der Waals surface area contributed by atoms with Gasteiger partial charge in [0, 0.05) is 6.42 Å². The van der Waals surface area contributed by atoms with Gasteiger partial charge in [-0.2, -0.15) is 5.10 Å². The van der Waals surface area contributed by atoms with Crippen LogP contribution in [0.3, 0.4) is 0 Å². The number of nitrogens with one attached hydrogen (secondary N) is 1. The molecule has 0 aliphatic carbocycles. The Morgan fingerprint density at radius 3 is 2.58 bits per heavy atom. The van der Waals surface area contributed by atoms with Crippen LogP contribution in [0.15, 0.2) is 47.6 Å². The summed E-state index contributed by atoms with van der Waals surface area (Å²) in [6.07, 6.45) is 2.70. The van der Waals surface area contributed by atoms with Gasteiger partial charge in [-0.1, -0.05) is 30.3 Å². The van der Waals surface area contributed by atoms with E-state index in [9.17, 15) is 4.79 Å². The van der Waals surface area contributed by atoms with Crippen molar-refractivity contribution in [3.05, 3.63) is 57.2 Å². The third-order valence-electron chi connectivity index (χ3n) is 3.51. The van der Waals surface area contributed by atoms with Gasteiger partial charge in [0.15, 0.2) is 11.5 Å². The highest BCUT2D eigenvalue weighted by molar-refractivity contribution is 14.1. The highest BCUT2D eigenvalue weighted by Gasteiger charge is 2.11. The number of aryl methyl sites for hydroxylation is 1. The lowest BCUT2D eigenvalue weighted by atomic mass is 10.1. The molecule has 26 heavy (non-hydrogen) atoms. The number of hydrogen-bond acceptors (Lipinski definition) is 4. The normalized spacial score (nSPS) is 10.7. The van der Waals surface area contributed by atoms with Crippen molar-refractivity contribution in [3.8, 4) is 11.5 Å². The standard InChI is InChI=1S/C20H23IN2O3/c1-3-25-18-13-16(12-17(21)20(18)26-4-2)14-22-23-19(24)11-10-15-8-6-5-7-9-15/h5-9,12-14H,3-4,10-11H2,1-2H3,(H,23,24)/b22-14-. The number of rotatable bonds is 9. The molecule has 0 atom stereocenters. The Kier molecular flexibility index (Phi) is 8.40. The van der Waals surface area contributed by atoms with Gasteiger partial charge in [0.05, 0.1) is 23.0 Å². The van der Waals surface area contributed by atoms with Crippen molar-refractivity contribution >= 4 is 34.7 Å². The number of carbonyl (C=O) groups is 1. The predicted octanol–water partition coefficient (Wildman–Crippen LogP) is 4.17. The number of amides is 1. The first kappa shape index (κ1) is 20.2. The number of benzene rings is 2. The fourth-order valence-electron chi connectivity index (χ4n) is 2.35. The van der Waals surface area contributed by atoms with Gasteiger partial charge in [0.25, 0.3) is 0 Å². The molecule has 0 unspecified atom stereocenters. The summed E-state index contributed by atoms with van der Waals surface area (Å²) in [5.41, 5.74) is 4.54. The minimum Gasteiger partial charge on any atom is -0.490 e. The lowest BCUT2D eigenvalue weighted by molar-refractivity contribution is -0.121. The number of nitrogens with zero attached hydrogens (tertiary/aromatic N) is 1. The molecule has 1 N–H and O–H groups in total. The third-order valence-corrected chi connectivity index (χ3v) is 4.31. The second-order valence-corrected chi connectivity index (χ2v) is 6.64. The van der Waals surface area contributed by atoms with E-state index in [0.717, 1.165) is 20.4 Å². The Labute approximate surface area is 167 Å². The smallest absolute Gasteiger partial charge is 0.240 e. The molecule has 6 heteroatoms. The van der Waals surface area contributed by atoms with Crippen LogP contribution in [0, 0.1) is 3.57 Å². The van der Waals surface area contributed by atoms with Gasteiger partial charge in [-0.25, -0.2) is 5.43 Å². The van der Waals surface area contributed by atoms with Crippen molar-refractivity contribution in [2.45, 2.75) is 26.7 Å². The molecule has 0 spiro atoms. The van der Waals surface area contributed by atoms with Crippen LogP contribution >= 0.6 is 22.6 Å². The summed E-state index contributed by atoms with van der Waals surface area (Å²) in [6, 6.07) is 13.7. The molecule has 0 heterocycles. The van der Waals surface area contributed by atoms with E-state index in [1.54, 1.807) is 6.21 Å². The molecular formula is C20H23IN2O3. The predicted molar refractivity (Wildman–Crippen MR) is 112 cm³/mol. The average Bonchev–Trinajstić information content (AvgIpc) is 2.64. The summed E-state index contributed by atoms with van der Waals surface area (Å²) in [5.74, 6) is 1.30. The Morgan fingerprint density at radius 1 is 1.15 bits per heavy atom. The summed E-state index contributed by atoms with van der Waals surface area (Å²) in [6.45, 7) is 4.98. The van der Waals surface area contributed by atoms with Gasteiger partial charge in [-0.05, 0) is 66.1 Å². The lowest BCUT2D eigenvalue weighted by Crippen LogP contribution is -2.17. The maximum Gasteiger partial charge on any atom is 0.240 e. The van der Waals surface area contributed by atoms with E-state index < -0.39 is 0 Å². The second-order valence-electron chi connectivity index (χ2n) is 5.47. The number of hydrogen-bond donors (Lipinski definition) is 1. The number of halogens is 1. The maximum absolute atomic E-state index is 11.9. The quantitative estimate of drug-likeness (QED) is 0.343. The highest BCUT2D eigenvalue weighted by Crippen LogP contribution is 2.33. The number of carbonyl (C=O) groups excluding carboxylic acids is 1. The second kappa shape index (κ2) is 10.8. The molecule has 0 saturated carbocycles. The van der Waals surface area contributed by atoms with Gasteiger partial charge in [-0.15, -0.1) is 0 Å². The molecule has 2 aromatic carbocycles. The minimum atomic E-state index is -0.115. The van der Waals surface area contributed by atoms with Crippen LogP contribution in [0.1, 0.15) is 31.4 Å². The zero-order valence-electron chi connectivity index (χ0n) is 15.0. The van der Waals surface area contributed by atoms with Gasteiger partial charge in [0.1, 0.15) is 0 Å². The molecule has 138 valence electrons. The van der Waals surface area contributed by atoms with E-state index in [-0.39, 0.29) is 5.91 Å². The summed E-state index contributed by atoms with van der Waals surface area (Å²) in [5, 5.41) is 4.05. The van der Waals surface area contributed by atoms with Crippen molar-refractivity contribution in [2.24, 2.45) is 5.10 Å². The van der Waals surface area contributed by atoms with Crippen molar-refractivity contribution < 1.29 is 14.3 Å². The van der Waals surface area contributed by atoms with E-state index in [1.165, 1.54) is 0 Å². The monoisotopic (exact) mass is 466 g/mol. The number of ether oxygens (including phenoxy) is 2. The summed E-state index contributed by atoms with van der Waals surface area (Å²) < 4.78 is 12.2. The Morgan fingerprint density at radius 2 is 1.88 bits per heavy atom. The molecule has 0 aliphatic heterocycles. The maximum atomic E-state index is 11.9. The van der Waals surface area contributed by atoms with E-state index in [4.69, 9.17) is 9.47 Å². The van der Waals surface area contributed by atoms with Gasteiger partial charge < -0.3 is 9.47 Å². The fourth-order valence-corrected chi connectivity index (χ4v) is 3.13. The zero-order chi connectivity index (χ0) is 18.8. The van der Waals surface area contributed by atoms with Gasteiger partial charge >= 0.3 is 0 Å². The lowest BCUT2D eigenvalue weighted by Gasteiger charge is -2.13. The molecule has 2 rings (SSSR count). The van der Waals surface area contributed by atoms with Crippen LogP contribution in [0.4, 0.5) is 0 Å². The summed E-state index contributed by atoms with van der Waals surface area (Å²) in [4.78, 5) is 11.9. The van der Waals surface area contributed by atoms with Gasteiger partial charge in [0.2, 0.25) is 5.91 Å². The van der Waals surface area contributed by atoms with E-state index in [1.807, 2.05) is 56.3 Å². The first-order valence-electron chi connectivity index (χ1n) is 8.59. The highest BCUT2D eigenvalue weighted by atomic mass is 127. The molecule has 0 saturated heterocycles. The molecule has 0 bridgehead atoms. The Bertz CT molecular complexity index is 748. The third kappa shape index (κ3) is 6.33. The molecule has 2 aromatic rings. The topological polar surface area (TPSA) is 59.9 Å². The van der Waals surface area contributed by atoms with E-state index in [0.29, 0.717) is 31.8 Å². The molecule has 1 amide bonds. The van der Waals surface area contributed by atoms with Gasteiger partial charge in [-0.3, -0.25) is 4.79 Å². The minimum absolute atomic E-state index is 0.115. The van der Waals surface area contributed by atoms with Crippen LogP contribution in [0.2, 0.25) is 0 Å². The molecule has 5 nitrogen and oxygen atoms in total. The van der Waals surface area contributed by atoms with Crippen LogP contribution in [0.5, 0.6) is 11.5 Å². The van der Waals surface area contributed by atoms with Crippen LogP contribution in [0.25, 0.3) is 0 Å². The zero-order valence-corrected chi connectivity index (χ0v) is 17.2. The largest absolute Gasteiger partial charge is 0.490 e. The van der Waals surface area contributed by atoms with Crippen LogP contribution in [-0.2, 0) is 11.2 Å². The molecule has 0 fully saturated rings. The number of hydrazone groups is 1. The van der Waals surface area contributed by atoms with E-state index >= 15 is 0 Å². The molecule has 0 radical (unpaired) electrons. The summed E-state index contributed by atoms with van der Waals surface area (Å²) in [7, 11) is 0. The first-order valence-corrected chi connectivity index (χ1v) is 9.66. The van der Waals surface area contributed by atoms with Crippen molar-refractivity contribution in [1.29, 1.82) is 0 Å². The Hall–Kier alpha value is -2.09. The van der Waals surface area contributed by atoms with Crippen molar-refractivity contribution in [2.75, 3.05) is 13.2 Å². The van der Waals surface area contributed by atoms with Crippen LogP contribution < -0.4 is 14.9 Å². The molecule has 0 aromatic heterocycles. The Balaban J connectivity index is 1.95. The average molecular weight is 466 g/mol. The van der Waals surface area contributed by atoms with E-state index in [2.05, 4.69) is 33.1 Å². The van der Waals surface area contributed by atoms with Crippen LogP contribution in [-0.4, -0.2) is 25.3 Å². The molecular weight excluding hydrogens is 443 g/mol. The van der Waals surface area contributed by atoms with Crippen molar-refractivity contribution in [1.82, 2.24) is 5.43 Å².